The number of benzene rings is 1. The van der Waals surface area contributed by atoms with Gasteiger partial charge in [0.1, 0.15) is 5.75 Å². The zero-order valence-electron chi connectivity index (χ0n) is 14.4. The summed E-state index contributed by atoms with van der Waals surface area (Å²) in [6.07, 6.45) is 6.24. The van der Waals surface area contributed by atoms with Crippen LogP contribution in [0, 0.1) is 11.3 Å². The third-order valence-corrected chi connectivity index (χ3v) is 4.62. The predicted octanol–water partition coefficient (Wildman–Crippen LogP) is 3.96. The van der Waals surface area contributed by atoms with Crippen molar-refractivity contribution >= 4 is 11.6 Å². The molecule has 1 aromatic carbocycles. The minimum atomic E-state index is -0.0178. The molecule has 0 atom stereocenters. The summed E-state index contributed by atoms with van der Waals surface area (Å²) in [7, 11) is 0. The van der Waals surface area contributed by atoms with E-state index < -0.39 is 0 Å². The van der Waals surface area contributed by atoms with Gasteiger partial charge in [-0.1, -0.05) is 45.2 Å². The van der Waals surface area contributed by atoms with Crippen molar-refractivity contribution in [2.45, 2.75) is 52.4 Å². The van der Waals surface area contributed by atoms with E-state index in [4.69, 9.17) is 10.5 Å². The molecule has 0 bridgehead atoms. The van der Waals surface area contributed by atoms with Crippen LogP contribution in [0.1, 0.15) is 52.4 Å². The third kappa shape index (κ3) is 5.24. The average molecular weight is 318 g/mol. The lowest BCUT2D eigenvalue weighted by molar-refractivity contribution is -0.118. The van der Waals surface area contributed by atoms with Crippen LogP contribution in [-0.4, -0.2) is 19.1 Å². The Bertz CT molecular complexity index is 508. The number of rotatable bonds is 7. The fourth-order valence-corrected chi connectivity index (χ4v) is 3.24. The first-order valence-corrected chi connectivity index (χ1v) is 8.76. The molecule has 4 nitrogen and oxygen atoms in total. The zero-order chi connectivity index (χ0) is 16.7. The maximum atomic E-state index is 12.5. The highest BCUT2D eigenvalue weighted by molar-refractivity contribution is 5.92. The molecule has 0 spiro atoms. The normalized spacial score (nSPS) is 17.0. The summed E-state index contributed by atoms with van der Waals surface area (Å²) in [5.74, 6) is 1.22. The van der Waals surface area contributed by atoms with Gasteiger partial charge in [-0.25, -0.2) is 0 Å². The molecule has 1 aliphatic carbocycles. The molecule has 1 aliphatic rings. The lowest BCUT2D eigenvalue weighted by atomic mass is 9.71. The van der Waals surface area contributed by atoms with Crippen molar-refractivity contribution in [2.24, 2.45) is 17.1 Å². The smallest absolute Gasteiger partial charge is 0.225 e. The van der Waals surface area contributed by atoms with Gasteiger partial charge < -0.3 is 15.8 Å². The highest BCUT2D eigenvalue weighted by Crippen LogP contribution is 2.38. The number of carbonyl (C=O) groups is 1. The Hall–Kier alpha value is -1.55. The highest BCUT2D eigenvalue weighted by Gasteiger charge is 2.33. The first kappa shape index (κ1) is 17.8. The molecule has 0 saturated heterocycles. The zero-order valence-corrected chi connectivity index (χ0v) is 14.4. The standard InChI is InChI=1S/C19H30N2O2/c1-15(2)13-23-17-9-5-4-8-16(17)21-18(22)12-19(14-20)10-6-3-7-11-19/h4-5,8-9,15H,3,6-7,10-14,20H2,1-2H3,(H,21,22). The van der Waals surface area contributed by atoms with Crippen molar-refractivity contribution in [2.75, 3.05) is 18.5 Å². The van der Waals surface area contributed by atoms with E-state index in [1.165, 1.54) is 19.3 Å². The molecule has 0 unspecified atom stereocenters. The molecule has 0 radical (unpaired) electrons. The fraction of sp³-hybridized carbons (Fsp3) is 0.632. The van der Waals surface area contributed by atoms with E-state index in [1.54, 1.807) is 0 Å². The lowest BCUT2D eigenvalue weighted by Gasteiger charge is -2.35. The van der Waals surface area contributed by atoms with Gasteiger partial charge in [-0.05, 0) is 42.9 Å². The number of amides is 1. The maximum absolute atomic E-state index is 12.5. The van der Waals surface area contributed by atoms with Crippen LogP contribution in [0.5, 0.6) is 5.75 Å². The van der Waals surface area contributed by atoms with Crippen molar-refractivity contribution in [1.29, 1.82) is 0 Å². The first-order valence-electron chi connectivity index (χ1n) is 8.76. The van der Waals surface area contributed by atoms with Crippen molar-refractivity contribution in [3.63, 3.8) is 0 Å². The second-order valence-corrected chi connectivity index (χ2v) is 7.19. The Morgan fingerprint density at radius 3 is 2.61 bits per heavy atom. The monoisotopic (exact) mass is 318 g/mol. The SMILES string of the molecule is CC(C)COc1ccccc1NC(=O)CC1(CN)CCCCC1. The number of nitrogens with two attached hydrogens (primary N) is 1. The number of para-hydroxylation sites is 2. The van der Waals surface area contributed by atoms with Gasteiger partial charge in [-0.3, -0.25) is 4.79 Å². The van der Waals surface area contributed by atoms with Crippen LogP contribution in [0.4, 0.5) is 5.69 Å². The molecule has 0 aliphatic heterocycles. The molecule has 1 aromatic rings. The molecule has 23 heavy (non-hydrogen) atoms. The predicted molar refractivity (Wildman–Crippen MR) is 94.6 cm³/mol. The molecular formula is C19H30N2O2. The Morgan fingerprint density at radius 1 is 1.26 bits per heavy atom. The largest absolute Gasteiger partial charge is 0.491 e. The number of hydrogen-bond donors (Lipinski definition) is 2. The minimum Gasteiger partial charge on any atom is -0.491 e. The molecule has 1 fully saturated rings. The molecule has 1 saturated carbocycles. The number of nitrogens with one attached hydrogen (secondary N) is 1. The Labute approximate surface area is 139 Å². The quantitative estimate of drug-likeness (QED) is 0.800. The molecule has 1 amide bonds. The fourth-order valence-electron chi connectivity index (χ4n) is 3.24. The summed E-state index contributed by atoms with van der Waals surface area (Å²) >= 11 is 0. The van der Waals surface area contributed by atoms with E-state index in [2.05, 4.69) is 19.2 Å². The van der Waals surface area contributed by atoms with E-state index in [9.17, 15) is 4.79 Å². The molecular weight excluding hydrogens is 288 g/mol. The Morgan fingerprint density at radius 2 is 1.96 bits per heavy atom. The van der Waals surface area contributed by atoms with Crippen LogP contribution < -0.4 is 15.8 Å². The van der Waals surface area contributed by atoms with Gasteiger partial charge in [0.05, 0.1) is 12.3 Å². The lowest BCUT2D eigenvalue weighted by Crippen LogP contribution is -2.36. The van der Waals surface area contributed by atoms with E-state index in [0.717, 1.165) is 24.3 Å². The van der Waals surface area contributed by atoms with Crippen molar-refractivity contribution in [3.05, 3.63) is 24.3 Å². The molecule has 128 valence electrons. The topological polar surface area (TPSA) is 64.3 Å². The van der Waals surface area contributed by atoms with Crippen molar-refractivity contribution < 1.29 is 9.53 Å². The van der Waals surface area contributed by atoms with Crippen LogP contribution >= 0.6 is 0 Å². The third-order valence-electron chi connectivity index (χ3n) is 4.62. The number of anilines is 1. The maximum Gasteiger partial charge on any atom is 0.225 e. The van der Waals surface area contributed by atoms with Crippen LogP contribution in [0.2, 0.25) is 0 Å². The van der Waals surface area contributed by atoms with Gasteiger partial charge in [0.25, 0.3) is 0 Å². The molecule has 3 N–H and O–H groups in total. The molecule has 0 aromatic heterocycles. The van der Waals surface area contributed by atoms with Gasteiger partial charge in [0.15, 0.2) is 0 Å². The van der Waals surface area contributed by atoms with Crippen molar-refractivity contribution in [1.82, 2.24) is 0 Å². The highest BCUT2D eigenvalue weighted by atomic mass is 16.5. The van der Waals surface area contributed by atoms with Crippen molar-refractivity contribution in [3.8, 4) is 5.75 Å². The molecule has 0 heterocycles. The van der Waals surface area contributed by atoms with Gasteiger partial charge in [-0.15, -0.1) is 0 Å². The average Bonchev–Trinajstić information content (AvgIpc) is 2.54. The van der Waals surface area contributed by atoms with Crippen LogP contribution in [-0.2, 0) is 4.79 Å². The molecule has 2 rings (SSSR count). The second kappa shape index (κ2) is 8.34. The van der Waals surface area contributed by atoms with E-state index in [0.29, 0.717) is 25.5 Å². The first-order chi connectivity index (χ1) is 11.0. The van der Waals surface area contributed by atoms with Gasteiger partial charge >= 0.3 is 0 Å². The van der Waals surface area contributed by atoms with Crippen LogP contribution in [0.3, 0.4) is 0 Å². The van der Waals surface area contributed by atoms with E-state index >= 15 is 0 Å². The summed E-state index contributed by atoms with van der Waals surface area (Å²) in [5, 5.41) is 3.02. The van der Waals surface area contributed by atoms with Gasteiger partial charge in [0.2, 0.25) is 5.91 Å². The number of ether oxygens (including phenoxy) is 1. The molecule has 4 heteroatoms. The summed E-state index contributed by atoms with van der Waals surface area (Å²) in [6.45, 7) is 5.44. The van der Waals surface area contributed by atoms with E-state index in [-0.39, 0.29) is 11.3 Å². The number of hydrogen-bond acceptors (Lipinski definition) is 3. The summed E-state index contributed by atoms with van der Waals surface area (Å²) < 4.78 is 5.80. The summed E-state index contributed by atoms with van der Waals surface area (Å²) in [5.41, 5.74) is 6.72. The van der Waals surface area contributed by atoms with Gasteiger partial charge in [0, 0.05) is 6.42 Å². The van der Waals surface area contributed by atoms with Crippen LogP contribution in [0.25, 0.3) is 0 Å². The van der Waals surface area contributed by atoms with Gasteiger partial charge in [-0.2, -0.15) is 0 Å². The second-order valence-electron chi connectivity index (χ2n) is 7.19. The Kier molecular flexibility index (Phi) is 6.46. The van der Waals surface area contributed by atoms with Crippen LogP contribution in [0.15, 0.2) is 24.3 Å². The minimum absolute atomic E-state index is 0.0178. The number of carbonyl (C=O) groups excluding carboxylic acids is 1. The summed E-state index contributed by atoms with van der Waals surface area (Å²) in [4.78, 5) is 12.5. The summed E-state index contributed by atoms with van der Waals surface area (Å²) in [6, 6.07) is 7.63. The Balaban J connectivity index is 1.99. The van der Waals surface area contributed by atoms with E-state index in [1.807, 2.05) is 24.3 Å².